The maximum atomic E-state index is 12.3. The summed E-state index contributed by atoms with van der Waals surface area (Å²) < 4.78 is 0. The van der Waals surface area contributed by atoms with Crippen LogP contribution in [0.2, 0.25) is 0 Å². The second-order valence-corrected chi connectivity index (χ2v) is 7.01. The van der Waals surface area contributed by atoms with E-state index in [2.05, 4.69) is 22.5 Å². The van der Waals surface area contributed by atoms with Crippen LogP contribution in [0.1, 0.15) is 44.6 Å². The minimum atomic E-state index is -0.841. The molecule has 1 aromatic carbocycles. The molecule has 26 heavy (non-hydrogen) atoms. The van der Waals surface area contributed by atoms with Gasteiger partial charge in [0.1, 0.15) is 0 Å². The third-order valence-corrected chi connectivity index (χ3v) is 4.87. The fraction of sp³-hybridized carbons (Fsp3) is 0.600. The maximum absolute atomic E-state index is 12.3. The van der Waals surface area contributed by atoms with E-state index in [0.717, 1.165) is 31.5 Å². The lowest BCUT2D eigenvalue weighted by molar-refractivity contribution is -0.137. The van der Waals surface area contributed by atoms with E-state index in [0.29, 0.717) is 25.4 Å². The second-order valence-electron chi connectivity index (χ2n) is 7.01. The molecule has 1 aliphatic rings. The molecule has 0 bridgehead atoms. The Balaban J connectivity index is 1.83. The first-order valence-corrected chi connectivity index (χ1v) is 9.62. The molecule has 2 rings (SSSR count). The fourth-order valence-electron chi connectivity index (χ4n) is 3.58. The first-order valence-electron chi connectivity index (χ1n) is 9.62. The molecule has 6 heteroatoms. The van der Waals surface area contributed by atoms with E-state index >= 15 is 0 Å². The van der Waals surface area contributed by atoms with Gasteiger partial charge in [-0.2, -0.15) is 0 Å². The minimum Gasteiger partial charge on any atom is -0.481 e. The Bertz CT molecular complexity index is 565. The van der Waals surface area contributed by atoms with Crippen molar-refractivity contribution in [3.8, 4) is 0 Å². The van der Waals surface area contributed by atoms with Gasteiger partial charge in [0.25, 0.3) is 0 Å². The quantitative estimate of drug-likeness (QED) is 0.598. The summed E-state index contributed by atoms with van der Waals surface area (Å²) in [6.45, 7) is 5.00. The van der Waals surface area contributed by atoms with Crippen LogP contribution < -0.4 is 10.6 Å². The molecule has 1 saturated heterocycles. The van der Waals surface area contributed by atoms with Gasteiger partial charge in [-0.25, -0.2) is 4.79 Å². The number of likely N-dealkylation sites (tertiary alicyclic amines) is 1. The van der Waals surface area contributed by atoms with Crippen LogP contribution in [-0.2, 0) is 11.2 Å². The van der Waals surface area contributed by atoms with E-state index in [9.17, 15) is 9.59 Å². The molecular formula is C20H31N3O3. The van der Waals surface area contributed by atoms with Crippen molar-refractivity contribution in [1.82, 2.24) is 15.5 Å². The van der Waals surface area contributed by atoms with Crippen molar-refractivity contribution in [3.63, 3.8) is 0 Å². The largest absolute Gasteiger partial charge is 0.481 e. The normalized spacial score (nSPS) is 18.4. The number of rotatable bonds is 10. The van der Waals surface area contributed by atoms with Crippen LogP contribution in [0.4, 0.5) is 4.79 Å². The van der Waals surface area contributed by atoms with Crippen molar-refractivity contribution in [2.24, 2.45) is 0 Å². The third-order valence-electron chi connectivity index (χ3n) is 4.87. The topological polar surface area (TPSA) is 81.7 Å². The van der Waals surface area contributed by atoms with Crippen LogP contribution in [0.15, 0.2) is 30.3 Å². The number of nitrogens with zero attached hydrogens (tertiary/aromatic N) is 1. The van der Waals surface area contributed by atoms with Crippen molar-refractivity contribution in [2.75, 3.05) is 19.6 Å². The van der Waals surface area contributed by atoms with Crippen LogP contribution in [0, 0.1) is 0 Å². The van der Waals surface area contributed by atoms with Gasteiger partial charge < -0.3 is 15.7 Å². The number of benzene rings is 1. The Morgan fingerprint density at radius 3 is 2.77 bits per heavy atom. The number of carboxylic acid groups (broad SMARTS) is 1. The van der Waals surface area contributed by atoms with Gasteiger partial charge in [0.05, 0.1) is 0 Å². The number of hydrogen-bond donors (Lipinski definition) is 3. The van der Waals surface area contributed by atoms with Crippen molar-refractivity contribution >= 4 is 12.0 Å². The van der Waals surface area contributed by atoms with Gasteiger partial charge in [-0.05, 0) is 50.8 Å². The monoisotopic (exact) mass is 361 g/mol. The zero-order valence-corrected chi connectivity index (χ0v) is 15.6. The molecule has 2 atom stereocenters. The molecule has 1 aliphatic heterocycles. The van der Waals surface area contributed by atoms with Crippen LogP contribution in [0.5, 0.6) is 0 Å². The fourth-order valence-corrected chi connectivity index (χ4v) is 3.58. The average Bonchev–Trinajstić information content (AvgIpc) is 3.06. The van der Waals surface area contributed by atoms with Crippen molar-refractivity contribution in [2.45, 2.75) is 57.5 Å². The lowest BCUT2D eigenvalue weighted by Gasteiger charge is -2.25. The number of carbonyl (C=O) groups is 2. The number of hydrogen-bond acceptors (Lipinski definition) is 3. The van der Waals surface area contributed by atoms with Gasteiger partial charge in [0, 0.05) is 25.0 Å². The minimum absolute atomic E-state index is 0.0463. The maximum Gasteiger partial charge on any atom is 0.315 e. The number of urea groups is 1. The van der Waals surface area contributed by atoms with Gasteiger partial charge in [-0.3, -0.25) is 9.69 Å². The Morgan fingerprint density at radius 1 is 1.31 bits per heavy atom. The Hall–Kier alpha value is -2.08. The average molecular weight is 361 g/mol. The van der Waals surface area contributed by atoms with E-state index in [1.165, 1.54) is 6.42 Å². The number of nitrogens with one attached hydrogen (secondary N) is 2. The van der Waals surface area contributed by atoms with E-state index < -0.39 is 5.97 Å². The van der Waals surface area contributed by atoms with Gasteiger partial charge in [0.2, 0.25) is 0 Å². The summed E-state index contributed by atoms with van der Waals surface area (Å²) >= 11 is 0. The summed E-state index contributed by atoms with van der Waals surface area (Å²) in [5, 5.41) is 14.9. The van der Waals surface area contributed by atoms with Gasteiger partial charge >= 0.3 is 12.0 Å². The van der Waals surface area contributed by atoms with E-state index in [1.54, 1.807) is 0 Å². The number of carboxylic acids is 1. The van der Waals surface area contributed by atoms with Crippen molar-refractivity contribution in [1.29, 1.82) is 0 Å². The molecule has 1 fully saturated rings. The standard InChI is InChI=1S/C20H31N3O3/c1-2-12-23-13-6-9-18(23)15-21-20(26)22-17(10-11-19(24)25)14-16-7-4-3-5-8-16/h3-5,7-8,17-18H,2,6,9-15H2,1H3,(H,24,25)(H2,21,22,26)/t17?,18-/m0/s1. The molecule has 1 unspecified atom stereocenters. The van der Waals surface area contributed by atoms with Gasteiger partial charge in [-0.1, -0.05) is 37.3 Å². The molecule has 144 valence electrons. The van der Waals surface area contributed by atoms with Gasteiger partial charge in [-0.15, -0.1) is 0 Å². The van der Waals surface area contributed by atoms with E-state index in [4.69, 9.17) is 5.11 Å². The molecule has 1 aromatic rings. The van der Waals surface area contributed by atoms with Crippen LogP contribution in [0.25, 0.3) is 0 Å². The molecular weight excluding hydrogens is 330 g/mol. The summed E-state index contributed by atoms with van der Waals surface area (Å²) in [5.41, 5.74) is 1.09. The SMILES string of the molecule is CCCN1CCC[C@H]1CNC(=O)NC(CCC(=O)O)Cc1ccccc1. The third kappa shape index (κ3) is 7.04. The summed E-state index contributed by atoms with van der Waals surface area (Å²) in [6.07, 6.45) is 4.52. The van der Waals surface area contributed by atoms with Crippen LogP contribution in [0.3, 0.4) is 0 Å². The number of aliphatic carboxylic acids is 1. The smallest absolute Gasteiger partial charge is 0.315 e. The lowest BCUT2D eigenvalue weighted by Crippen LogP contribution is -2.47. The Labute approximate surface area is 156 Å². The van der Waals surface area contributed by atoms with Crippen molar-refractivity contribution in [3.05, 3.63) is 35.9 Å². The highest BCUT2D eigenvalue weighted by Gasteiger charge is 2.24. The van der Waals surface area contributed by atoms with Crippen LogP contribution in [-0.4, -0.2) is 53.7 Å². The summed E-state index contributed by atoms with van der Waals surface area (Å²) in [5.74, 6) is -0.841. The summed E-state index contributed by atoms with van der Waals surface area (Å²) in [7, 11) is 0. The first kappa shape index (κ1) is 20.2. The van der Waals surface area contributed by atoms with Crippen molar-refractivity contribution < 1.29 is 14.7 Å². The highest BCUT2D eigenvalue weighted by Crippen LogP contribution is 2.16. The highest BCUT2D eigenvalue weighted by atomic mass is 16.4. The molecule has 1 heterocycles. The molecule has 3 N–H and O–H groups in total. The first-order chi connectivity index (χ1) is 12.6. The predicted octanol–water partition coefficient (Wildman–Crippen LogP) is 2.64. The predicted molar refractivity (Wildman–Crippen MR) is 102 cm³/mol. The number of amides is 2. The Morgan fingerprint density at radius 2 is 2.08 bits per heavy atom. The lowest BCUT2D eigenvalue weighted by atomic mass is 10.0. The molecule has 6 nitrogen and oxygen atoms in total. The molecule has 0 saturated carbocycles. The zero-order chi connectivity index (χ0) is 18.8. The second kappa shape index (κ2) is 10.8. The molecule has 0 aliphatic carbocycles. The van der Waals surface area contributed by atoms with E-state index in [-0.39, 0.29) is 18.5 Å². The highest BCUT2D eigenvalue weighted by molar-refractivity contribution is 5.74. The van der Waals surface area contributed by atoms with Gasteiger partial charge in [0.15, 0.2) is 0 Å². The summed E-state index contributed by atoms with van der Waals surface area (Å²) in [6, 6.07) is 9.84. The Kier molecular flexibility index (Phi) is 8.41. The molecule has 0 spiro atoms. The van der Waals surface area contributed by atoms with Crippen LogP contribution >= 0.6 is 0 Å². The van der Waals surface area contributed by atoms with E-state index in [1.807, 2.05) is 30.3 Å². The molecule has 0 aromatic heterocycles. The zero-order valence-electron chi connectivity index (χ0n) is 15.6. The summed E-state index contributed by atoms with van der Waals surface area (Å²) in [4.78, 5) is 25.7. The molecule has 0 radical (unpaired) electrons. The molecule has 2 amide bonds. The number of carbonyl (C=O) groups excluding carboxylic acids is 1.